The Hall–Kier alpha value is -0.940. The van der Waals surface area contributed by atoms with Gasteiger partial charge in [0.05, 0.1) is 6.04 Å². The monoisotopic (exact) mass is 369 g/mol. The molecule has 0 radical (unpaired) electrons. The standard InChI is InChI=1S/C16H17FIN/c1-2-11-19-16(12-3-7-14(17)8-4-12)13-5-9-15(18)10-6-13/h3-10,16,19H,2,11H2,1H3. The van der Waals surface area contributed by atoms with Gasteiger partial charge in [0.25, 0.3) is 0 Å². The van der Waals surface area contributed by atoms with Crippen LogP contribution in [0.4, 0.5) is 4.39 Å². The summed E-state index contributed by atoms with van der Waals surface area (Å²) in [4.78, 5) is 0. The van der Waals surface area contributed by atoms with Gasteiger partial charge in [0.2, 0.25) is 0 Å². The van der Waals surface area contributed by atoms with E-state index in [4.69, 9.17) is 0 Å². The second kappa shape index (κ2) is 7.01. The van der Waals surface area contributed by atoms with E-state index in [9.17, 15) is 4.39 Å². The zero-order valence-corrected chi connectivity index (χ0v) is 13.0. The van der Waals surface area contributed by atoms with Crippen molar-refractivity contribution < 1.29 is 4.39 Å². The van der Waals surface area contributed by atoms with Gasteiger partial charge < -0.3 is 5.32 Å². The molecule has 0 spiro atoms. The molecule has 3 heteroatoms. The van der Waals surface area contributed by atoms with Crippen LogP contribution in [0.15, 0.2) is 48.5 Å². The van der Waals surface area contributed by atoms with Crippen molar-refractivity contribution in [1.82, 2.24) is 5.32 Å². The Morgan fingerprint density at radius 2 is 1.53 bits per heavy atom. The summed E-state index contributed by atoms with van der Waals surface area (Å²) in [6, 6.07) is 15.3. The van der Waals surface area contributed by atoms with E-state index in [1.165, 1.54) is 21.3 Å². The van der Waals surface area contributed by atoms with E-state index in [1.807, 2.05) is 12.1 Å². The van der Waals surface area contributed by atoms with Crippen LogP contribution in [-0.2, 0) is 0 Å². The van der Waals surface area contributed by atoms with Gasteiger partial charge in [-0.1, -0.05) is 31.2 Å². The summed E-state index contributed by atoms with van der Waals surface area (Å²) in [5.74, 6) is -0.194. The Balaban J connectivity index is 2.29. The van der Waals surface area contributed by atoms with Crippen LogP contribution in [0, 0.1) is 9.39 Å². The van der Waals surface area contributed by atoms with Crippen molar-refractivity contribution in [2.24, 2.45) is 0 Å². The minimum absolute atomic E-state index is 0.123. The molecule has 1 nitrogen and oxygen atoms in total. The van der Waals surface area contributed by atoms with E-state index in [2.05, 4.69) is 59.1 Å². The molecular formula is C16H17FIN. The SMILES string of the molecule is CCCNC(c1ccc(F)cc1)c1ccc(I)cc1. The summed E-state index contributed by atoms with van der Waals surface area (Å²) >= 11 is 2.30. The molecular weight excluding hydrogens is 352 g/mol. The molecule has 0 saturated carbocycles. The Morgan fingerprint density at radius 3 is 2.05 bits per heavy atom. The highest BCUT2D eigenvalue weighted by atomic mass is 127. The molecule has 0 fully saturated rings. The smallest absolute Gasteiger partial charge is 0.123 e. The molecule has 0 amide bonds. The van der Waals surface area contributed by atoms with Crippen LogP contribution in [0.2, 0.25) is 0 Å². The highest BCUT2D eigenvalue weighted by Gasteiger charge is 2.13. The third kappa shape index (κ3) is 4.01. The third-order valence-electron chi connectivity index (χ3n) is 3.01. The molecule has 19 heavy (non-hydrogen) atoms. The molecule has 0 heterocycles. The van der Waals surface area contributed by atoms with Crippen LogP contribution in [0.25, 0.3) is 0 Å². The van der Waals surface area contributed by atoms with E-state index in [-0.39, 0.29) is 11.9 Å². The summed E-state index contributed by atoms with van der Waals surface area (Å²) in [6.45, 7) is 3.08. The van der Waals surface area contributed by atoms with Gasteiger partial charge in [-0.15, -0.1) is 0 Å². The summed E-state index contributed by atoms with van der Waals surface area (Å²) in [5, 5.41) is 3.52. The Morgan fingerprint density at radius 1 is 1.00 bits per heavy atom. The van der Waals surface area contributed by atoms with Crippen LogP contribution in [-0.4, -0.2) is 6.54 Å². The molecule has 0 saturated heterocycles. The largest absolute Gasteiger partial charge is 0.306 e. The van der Waals surface area contributed by atoms with Gasteiger partial charge in [-0.05, 0) is 70.9 Å². The number of hydrogen-bond donors (Lipinski definition) is 1. The summed E-state index contributed by atoms with van der Waals surface area (Å²) in [5.41, 5.74) is 2.30. The molecule has 1 N–H and O–H groups in total. The van der Waals surface area contributed by atoms with Gasteiger partial charge in [-0.25, -0.2) is 4.39 Å². The van der Waals surface area contributed by atoms with Gasteiger partial charge >= 0.3 is 0 Å². The molecule has 1 atom stereocenters. The zero-order chi connectivity index (χ0) is 13.7. The van der Waals surface area contributed by atoms with E-state index in [0.29, 0.717) is 0 Å². The van der Waals surface area contributed by atoms with Gasteiger partial charge in [0, 0.05) is 3.57 Å². The first kappa shape index (κ1) is 14.5. The number of rotatable bonds is 5. The van der Waals surface area contributed by atoms with Gasteiger partial charge in [-0.2, -0.15) is 0 Å². The predicted molar refractivity (Wildman–Crippen MR) is 85.7 cm³/mol. The van der Waals surface area contributed by atoms with Crippen molar-refractivity contribution in [3.05, 3.63) is 69.0 Å². The maximum Gasteiger partial charge on any atom is 0.123 e. The molecule has 2 aromatic rings. The number of nitrogens with one attached hydrogen (secondary N) is 1. The lowest BCUT2D eigenvalue weighted by Crippen LogP contribution is -2.23. The zero-order valence-electron chi connectivity index (χ0n) is 10.9. The van der Waals surface area contributed by atoms with Crippen molar-refractivity contribution in [1.29, 1.82) is 0 Å². The second-order valence-corrected chi connectivity index (χ2v) is 5.74. The molecule has 0 aliphatic carbocycles. The number of hydrogen-bond acceptors (Lipinski definition) is 1. The first-order valence-corrected chi connectivity index (χ1v) is 7.53. The Bertz CT molecular complexity index is 462. The first-order valence-electron chi connectivity index (χ1n) is 6.45. The molecule has 2 rings (SSSR count). The average Bonchev–Trinajstić information content (AvgIpc) is 2.43. The first-order chi connectivity index (χ1) is 9.20. The van der Waals surface area contributed by atoms with Gasteiger partial charge in [0.1, 0.15) is 5.82 Å². The molecule has 1 unspecified atom stereocenters. The van der Waals surface area contributed by atoms with Crippen molar-refractivity contribution >= 4 is 22.6 Å². The fourth-order valence-electron chi connectivity index (χ4n) is 2.03. The minimum Gasteiger partial charge on any atom is -0.306 e. The fraction of sp³-hybridized carbons (Fsp3) is 0.250. The second-order valence-electron chi connectivity index (χ2n) is 4.49. The maximum absolute atomic E-state index is 13.0. The summed E-state index contributed by atoms with van der Waals surface area (Å²) in [6.07, 6.45) is 1.07. The number of benzene rings is 2. The normalized spacial score (nSPS) is 12.4. The van der Waals surface area contributed by atoms with E-state index >= 15 is 0 Å². The average molecular weight is 369 g/mol. The Labute approximate surface area is 127 Å². The van der Waals surface area contributed by atoms with E-state index < -0.39 is 0 Å². The third-order valence-corrected chi connectivity index (χ3v) is 3.72. The van der Waals surface area contributed by atoms with Crippen LogP contribution >= 0.6 is 22.6 Å². The molecule has 0 bridgehead atoms. The predicted octanol–water partition coefficient (Wildman–Crippen LogP) is 4.52. The topological polar surface area (TPSA) is 12.0 Å². The molecule has 0 aliphatic rings. The summed E-state index contributed by atoms with van der Waals surface area (Å²) in [7, 11) is 0. The van der Waals surface area contributed by atoms with Crippen molar-refractivity contribution in [2.45, 2.75) is 19.4 Å². The van der Waals surface area contributed by atoms with E-state index in [1.54, 1.807) is 0 Å². The van der Waals surface area contributed by atoms with Crippen molar-refractivity contribution in [3.8, 4) is 0 Å². The Kier molecular flexibility index (Phi) is 5.34. The lowest BCUT2D eigenvalue weighted by atomic mass is 9.98. The van der Waals surface area contributed by atoms with Crippen LogP contribution < -0.4 is 5.32 Å². The lowest BCUT2D eigenvalue weighted by Gasteiger charge is -2.19. The highest BCUT2D eigenvalue weighted by molar-refractivity contribution is 14.1. The molecule has 0 aromatic heterocycles. The summed E-state index contributed by atoms with van der Waals surface area (Å²) < 4.78 is 14.3. The highest BCUT2D eigenvalue weighted by Crippen LogP contribution is 2.23. The quantitative estimate of drug-likeness (QED) is 0.765. The lowest BCUT2D eigenvalue weighted by molar-refractivity contribution is 0.593. The fourth-order valence-corrected chi connectivity index (χ4v) is 2.39. The molecule has 2 aromatic carbocycles. The van der Waals surface area contributed by atoms with E-state index in [0.717, 1.165) is 18.5 Å². The minimum atomic E-state index is -0.194. The van der Waals surface area contributed by atoms with Crippen molar-refractivity contribution in [3.63, 3.8) is 0 Å². The van der Waals surface area contributed by atoms with Crippen molar-refractivity contribution in [2.75, 3.05) is 6.54 Å². The molecule has 100 valence electrons. The maximum atomic E-state index is 13.0. The van der Waals surface area contributed by atoms with Crippen LogP contribution in [0.5, 0.6) is 0 Å². The molecule has 0 aliphatic heterocycles. The number of halogens is 2. The van der Waals surface area contributed by atoms with Crippen LogP contribution in [0.3, 0.4) is 0 Å². The van der Waals surface area contributed by atoms with Gasteiger partial charge in [-0.3, -0.25) is 0 Å². The van der Waals surface area contributed by atoms with Gasteiger partial charge in [0.15, 0.2) is 0 Å². The van der Waals surface area contributed by atoms with Crippen LogP contribution in [0.1, 0.15) is 30.5 Å².